The molecule has 0 bridgehead atoms. The number of fused-ring (bicyclic) bond motifs is 3. The summed E-state index contributed by atoms with van der Waals surface area (Å²) in [6, 6.07) is 33.0. The minimum atomic E-state index is 0.686. The van der Waals surface area contributed by atoms with Gasteiger partial charge in [0.1, 0.15) is 28.3 Å². The molecule has 4 heterocycles. The van der Waals surface area contributed by atoms with Gasteiger partial charge < -0.3 is 9.15 Å². The maximum atomic E-state index is 6.39. The minimum Gasteiger partial charge on any atom is -0.456 e. The Kier molecular flexibility index (Phi) is 3.64. The second kappa shape index (κ2) is 6.93. The van der Waals surface area contributed by atoms with Crippen molar-refractivity contribution in [2.45, 2.75) is 0 Å². The zero-order valence-electron chi connectivity index (χ0n) is 19.4. The average Bonchev–Trinajstić information content (AvgIpc) is 3.53. The van der Waals surface area contributed by atoms with Crippen LogP contribution in [0.3, 0.4) is 0 Å². The molecule has 1 aliphatic heterocycles. The van der Waals surface area contributed by atoms with Crippen molar-refractivity contribution in [3.05, 3.63) is 97.1 Å². The third-order valence-corrected chi connectivity index (χ3v) is 8.47. The standard InChI is InChI=1S/C32H16N2O2S/c1-2-7-18(8-3-1)28-30-29(19-10-4-5-11-21(19)36-30)34-32(33-28)20-14-15-23-26-27-24(37-31(20)26)16-13-17-9-6-12-22(35-23)25(17)27/h1-16H. The Hall–Kier alpha value is -4.74. The van der Waals surface area contributed by atoms with Gasteiger partial charge in [0.2, 0.25) is 0 Å². The molecule has 0 saturated carbocycles. The lowest BCUT2D eigenvalue weighted by Crippen LogP contribution is -1.96. The first kappa shape index (κ1) is 19.4. The van der Waals surface area contributed by atoms with Crippen molar-refractivity contribution in [3.8, 4) is 34.1 Å². The second-order valence-electron chi connectivity index (χ2n) is 9.35. The van der Waals surface area contributed by atoms with E-state index in [1.165, 1.54) is 20.9 Å². The average molecular weight is 493 g/mol. The molecule has 0 spiro atoms. The van der Waals surface area contributed by atoms with E-state index < -0.39 is 0 Å². The molecule has 0 fully saturated rings. The van der Waals surface area contributed by atoms with E-state index >= 15 is 0 Å². The van der Waals surface area contributed by atoms with E-state index in [0.717, 1.165) is 54.9 Å². The molecular formula is C32H16N2O2S. The van der Waals surface area contributed by atoms with Crippen molar-refractivity contribution in [3.63, 3.8) is 0 Å². The van der Waals surface area contributed by atoms with Crippen LogP contribution in [0.25, 0.3) is 75.7 Å². The number of thiophene rings is 1. The van der Waals surface area contributed by atoms with Crippen molar-refractivity contribution in [2.75, 3.05) is 0 Å². The third kappa shape index (κ3) is 2.56. The van der Waals surface area contributed by atoms with Crippen LogP contribution in [0.5, 0.6) is 11.5 Å². The highest BCUT2D eigenvalue weighted by Gasteiger charge is 2.25. The van der Waals surface area contributed by atoms with Gasteiger partial charge in [0, 0.05) is 37.4 Å². The fraction of sp³-hybridized carbons (Fsp3) is 0. The molecule has 5 heteroatoms. The summed E-state index contributed by atoms with van der Waals surface area (Å²) in [6.45, 7) is 0. The SMILES string of the molecule is c1ccc(-c2nc(-c3ccc4c5c3sc3ccc6cccc(c6c35)O4)nc3c2oc2ccccc23)cc1. The van der Waals surface area contributed by atoms with Gasteiger partial charge >= 0.3 is 0 Å². The molecule has 0 radical (unpaired) electrons. The van der Waals surface area contributed by atoms with Gasteiger partial charge in [-0.2, -0.15) is 0 Å². The molecular weight excluding hydrogens is 476 g/mol. The molecule has 5 aromatic carbocycles. The molecule has 37 heavy (non-hydrogen) atoms. The number of benzene rings is 5. The second-order valence-corrected chi connectivity index (χ2v) is 10.4. The smallest absolute Gasteiger partial charge is 0.180 e. The first-order valence-corrected chi connectivity index (χ1v) is 13.0. The maximum absolute atomic E-state index is 6.39. The van der Waals surface area contributed by atoms with E-state index in [1.54, 1.807) is 11.3 Å². The van der Waals surface area contributed by atoms with Crippen molar-refractivity contribution in [1.82, 2.24) is 9.97 Å². The molecule has 0 aliphatic carbocycles. The van der Waals surface area contributed by atoms with Gasteiger partial charge in [0.25, 0.3) is 0 Å². The molecule has 0 saturated heterocycles. The van der Waals surface area contributed by atoms with Crippen LogP contribution in [-0.2, 0) is 0 Å². The largest absolute Gasteiger partial charge is 0.456 e. The summed E-state index contributed by atoms with van der Waals surface area (Å²) in [5, 5.41) is 5.76. The van der Waals surface area contributed by atoms with Crippen LogP contribution in [0.2, 0.25) is 0 Å². The number of para-hydroxylation sites is 1. The fourth-order valence-electron chi connectivity index (χ4n) is 5.64. The number of ether oxygens (including phenoxy) is 1. The lowest BCUT2D eigenvalue weighted by atomic mass is 9.99. The van der Waals surface area contributed by atoms with Crippen molar-refractivity contribution < 1.29 is 9.15 Å². The molecule has 0 unspecified atom stereocenters. The van der Waals surface area contributed by atoms with Crippen LogP contribution in [0.1, 0.15) is 0 Å². The van der Waals surface area contributed by atoms with Crippen LogP contribution >= 0.6 is 11.3 Å². The number of rotatable bonds is 2. The number of furan rings is 1. The maximum Gasteiger partial charge on any atom is 0.180 e. The third-order valence-electron chi connectivity index (χ3n) is 7.28. The topological polar surface area (TPSA) is 48.2 Å². The highest BCUT2D eigenvalue weighted by Crippen LogP contribution is 2.52. The molecule has 1 aliphatic rings. The first-order chi connectivity index (χ1) is 18.3. The quantitative estimate of drug-likeness (QED) is 0.241. The summed E-state index contributed by atoms with van der Waals surface area (Å²) < 4.78 is 15.1. The van der Waals surface area contributed by atoms with Crippen molar-refractivity contribution >= 4 is 64.4 Å². The number of hydrogen-bond acceptors (Lipinski definition) is 5. The van der Waals surface area contributed by atoms with Gasteiger partial charge in [-0.15, -0.1) is 11.3 Å². The summed E-state index contributed by atoms with van der Waals surface area (Å²) >= 11 is 1.77. The Morgan fingerprint density at radius 2 is 1.51 bits per heavy atom. The summed E-state index contributed by atoms with van der Waals surface area (Å²) in [6.07, 6.45) is 0. The van der Waals surface area contributed by atoms with Gasteiger partial charge in [-0.1, -0.05) is 60.7 Å². The summed E-state index contributed by atoms with van der Waals surface area (Å²) in [7, 11) is 0. The van der Waals surface area contributed by atoms with Crippen molar-refractivity contribution in [1.29, 1.82) is 0 Å². The van der Waals surface area contributed by atoms with Crippen LogP contribution < -0.4 is 4.74 Å². The molecule has 172 valence electrons. The zero-order chi connectivity index (χ0) is 24.1. The van der Waals surface area contributed by atoms with Gasteiger partial charge in [0.05, 0.1) is 4.70 Å². The van der Waals surface area contributed by atoms with E-state index in [4.69, 9.17) is 19.1 Å². The van der Waals surface area contributed by atoms with Crippen LogP contribution in [0, 0.1) is 0 Å². The van der Waals surface area contributed by atoms with E-state index in [1.807, 2.05) is 36.4 Å². The molecule has 0 amide bonds. The van der Waals surface area contributed by atoms with E-state index in [-0.39, 0.29) is 0 Å². The van der Waals surface area contributed by atoms with Crippen LogP contribution in [0.4, 0.5) is 0 Å². The molecule has 0 N–H and O–H groups in total. The van der Waals surface area contributed by atoms with E-state index in [2.05, 4.69) is 60.7 Å². The molecule has 0 atom stereocenters. The van der Waals surface area contributed by atoms with Crippen molar-refractivity contribution in [2.24, 2.45) is 0 Å². The Morgan fingerprint density at radius 3 is 2.46 bits per heavy atom. The minimum absolute atomic E-state index is 0.686. The van der Waals surface area contributed by atoms with Gasteiger partial charge in [-0.05, 0) is 41.8 Å². The number of hydrogen-bond donors (Lipinski definition) is 0. The summed E-state index contributed by atoms with van der Waals surface area (Å²) in [4.78, 5) is 10.2. The van der Waals surface area contributed by atoms with E-state index in [0.29, 0.717) is 11.4 Å². The van der Waals surface area contributed by atoms with Gasteiger partial charge in [-0.25, -0.2) is 9.97 Å². The Labute approximate surface area is 214 Å². The Morgan fingerprint density at radius 1 is 0.649 bits per heavy atom. The Bertz CT molecular complexity index is 2230. The zero-order valence-corrected chi connectivity index (χ0v) is 20.2. The first-order valence-electron chi connectivity index (χ1n) is 12.2. The lowest BCUT2D eigenvalue weighted by molar-refractivity contribution is 0.493. The monoisotopic (exact) mass is 492 g/mol. The highest BCUT2D eigenvalue weighted by molar-refractivity contribution is 7.26. The lowest BCUT2D eigenvalue weighted by Gasteiger charge is -2.17. The van der Waals surface area contributed by atoms with Crippen LogP contribution in [0.15, 0.2) is 101 Å². The predicted octanol–water partition coefficient (Wildman–Crippen LogP) is 9.34. The highest BCUT2D eigenvalue weighted by atomic mass is 32.1. The van der Waals surface area contributed by atoms with E-state index in [9.17, 15) is 0 Å². The molecule has 8 aromatic rings. The van der Waals surface area contributed by atoms with Gasteiger partial charge in [0.15, 0.2) is 11.4 Å². The fourth-order valence-corrected chi connectivity index (χ4v) is 6.88. The molecule has 4 nitrogen and oxygen atoms in total. The Balaban J connectivity index is 1.42. The number of aromatic nitrogens is 2. The summed E-state index contributed by atoms with van der Waals surface area (Å²) in [5.74, 6) is 2.48. The van der Waals surface area contributed by atoms with Crippen LogP contribution in [-0.4, -0.2) is 9.97 Å². The molecule has 3 aromatic heterocycles. The normalized spacial score (nSPS) is 12.5. The van der Waals surface area contributed by atoms with Gasteiger partial charge in [-0.3, -0.25) is 0 Å². The molecule has 9 rings (SSSR count). The summed E-state index contributed by atoms with van der Waals surface area (Å²) in [5.41, 5.74) is 5.14. The number of nitrogens with zero attached hydrogens (tertiary/aromatic N) is 2. The predicted molar refractivity (Wildman–Crippen MR) is 151 cm³/mol.